The zero-order valence-electron chi connectivity index (χ0n) is 15.2. The van der Waals surface area contributed by atoms with Crippen molar-refractivity contribution in [2.45, 2.75) is 45.4 Å². The summed E-state index contributed by atoms with van der Waals surface area (Å²) in [6.07, 6.45) is -0.573. The number of rotatable bonds is 6. The van der Waals surface area contributed by atoms with Gasteiger partial charge in [0.2, 0.25) is 0 Å². The predicted octanol–water partition coefficient (Wildman–Crippen LogP) is 4.03. The van der Waals surface area contributed by atoms with E-state index < -0.39 is 17.8 Å². The van der Waals surface area contributed by atoms with Crippen molar-refractivity contribution in [3.8, 4) is 0 Å². The van der Waals surface area contributed by atoms with E-state index in [0.717, 1.165) is 11.1 Å². The number of ether oxygens (including phenoxy) is 1. The van der Waals surface area contributed by atoms with Crippen molar-refractivity contribution in [2.24, 2.45) is 0 Å². The molecule has 0 aliphatic heterocycles. The second kappa shape index (κ2) is 8.67. The molecule has 0 saturated heterocycles. The lowest BCUT2D eigenvalue weighted by atomic mass is 10.1. The van der Waals surface area contributed by atoms with Gasteiger partial charge in [-0.15, -0.1) is 0 Å². The quantitative estimate of drug-likeness (QED) is 0.863. The molecule has 0 bridgehead atoms. The van der Waals surface area contributed by atoms with E-state index in [-0.39, 0.29) is 6.54 Å². The van der Waals surface area contributed by atoms with Crippen LogP contribution >= 0.6 is 0 Å². The van der Waals surface area contributed by atoms with Crippen LogP contribution in [0.3, 0.4) is 0 Å². The molecule has 0 heterocycles. The van der Waals surface area contributed by atoms with Gasteiger partial charge in [-0.25, -0.2) is 4.79 Å². The lowest BCUT2D eigenvalue weighted by molar-refractivity contribution is 0.0126. The molecule has 25 heavy (non-hydrogen) atoms. The van der Waals surface area contributed by atoms with E-state index in [2.05, 4.69) is 0 Å². The van der Waals surface area contributed by atoms with E-state index in [1.54, 1.807) is 4.90 Å². The van der Waals surface area contributed by atoms with E-state index in [1.165, 1.54) is 0 Å². The number of aliphatic hydroxyl groups excluding tert-OH is 1. The van der Waals surface area contributed by atoms with Crippen molar-refractivity contribution in [2.75, 3.05) is 6.54 Å². The van der Waals surface area contributed by atoms with E-state index in [9.17, 15) is 9.90 Å². The van der Waals surface area contributed by atoms with Crippen LogP contribution in [0.5, 0.6) is 0 Å². The van der Waals surface area contributed by atoms with E-state index in [0.29, 0.717) is 13.0 Å². The van der Waals surface area contributed by atoms with Crippen LogP contribution in [0.25, 0.3) is 0 Å². The normalized spacial score (nSPS) is 12.5. The smallest absolute Gasteiger partial charge is 0.410 e. The molecule has 0 aliphatic carbocycles. The van der Waals surface area contributed by atoms with Gasteiger partial charge in [0.15, 0.2) is 0 Å². The lowest BCUT2D eigenvalue weighted by Gasteiger charge is -2.29. The summed E-state index contributed by atoms with van der Waals surface area (Å²) in [5.41, 5.74) is 1.47. The van der Waals surface area contributed by atoms with Crippen LogP contribution in [0.1, 0.15) is 31.9 Å². The zero-order chi connectivity index (χ0) is 18.3. The molecule has 0 saturated carbocycles. The van der Waals surface area contributed by atoms with Crippen molar-refractivity contribution in [3.05, 3.63) is 71.8 Å². The van der Waals surface area contributed by atoms with Gasteiger partial charge in [-0.1, -0.05) is 60.7 Å². The Morgan fingerprint density at radius 3 is 2.04 bits per heavy atom. The predicted molar refractivity (Wildman–Crippen MR) is 99.2 cm³/mol. The molecule has 0 radical (unpaired) electrons. The summed E-state index contributed by atoms with van der Waals surface area (Å²) in [5, 5.41) is 10.4. The van der Waals surface area contributed by atoms with Gasteiger partial charge >= 0.3 is 6.09 Å². The number of aliphatic hydroxyl groups is 1. The standard InChI is InChI=1S/C21H27NO3/c1-21(2,3)25-20(24)22(15-18-12-8-5-9-13-18)16-19(23)14-17-10-6-4-7-11-17/h4-13,19,23H,14-16H2,1-3H3. The number of amides is 1. The fraction of sp³-hybridized carbons (Fsp3) is 0.381. The topological polar surface area (TPSA) is 49.8 Å². The minimum atomic E-state index is -0.654. The Morgan fingerprint density at radius 1 is 1.00 bits per heavy atom. The summed E-state index contributed by atoms with van der Waals surface area (Å²) in [6.45, 7) is 6.14. The molecule has 0 aromatic heterocycles. The molecule has 2 aromatic rings. The highest BCUT2D eigenvalue weighted by atomic mass is 16.6. The Kier molecular flexibility index (Phi) is 6.59. The molecule has 0 spiro atoms. The first-order chi connectivity index (χ1) is 11.8. The van der Waals surface area contributed by atoms with Crippen LogP contribution in [0, 0.1) is 0 Å². The van der Waals surface area contributed by atoms with E-state index in [4.69, 9.17) is 4.74 Å². The minimum absolute atomic E-state index is 0.221. The molecule has 1 unspecified atom stereocenters. The minimum Gasteiger partial charge on any atom is -0.444 e. The number of carbonyl (C=O) groups excluding carboxylic acids is 1. The van der Waals surface area contributed by atoms with Crippen LogP contribution in [0.2, 0.25) is 0 Å². The van der Waals surface area contributed by atoms with Gasteiger partial charge in [0.05, 0.1) is 12.6 Å². The van der Waals surface area contributed by atoms with Crippen LogP contribution in [0.4, 0.5) is 4.79 Å². The molecule has 1 atom stereocenters. The largest absolute Gasteiger partial charge is 0.444 e. The first-order valence-corrected chi connectivity index (χ1v) is 8.57. The van der Waals surface area contributed by atoms with E-state index >= 15 is 0 Å². The first kappa shape index (κ1) is 19.0. The number of hydrogen-bond acceptors (Lipinski definition) is 3. The molecule has 0 aliphatic rings. The van der Waals surface area contributed by atoms with Crippen LogP contribution < -0.4 is 0 Å². The van der Waals surface area contributed by atoms with Crippen molar-refractivity contribution in [3.63, 3.8) is 0 Å². The number of nitrogens with zero attached hydrogens (tertiary/aromatic N) is 1. The lowest BCUT2D eigenvalue weighted by Crippen LogP contribution is -2.41. The monoisotopic (exact) mass is 341 g/mol. The highest BCUT2D eigenvalue weighted by Gasteiger charge is 2.24. The highest BCUT2D eigenvalue weighted by Crippen LogP contribution is 2.14. The van der Waals surface area contributed by atoms with E-state index in [1.807, 2.05) is 81.4 Å². The van der Waals surface area contributed by atoms with Crippen molar-refractivity contribution in [1.82, 2.24) is 4.90 Å². The summed E-state index contributed by atoms with van der Waals surface area (Å²) in [7, 11) is 0. The molecule has 4 heteroatoms. The number of carbonyl (C=O) groups is 1. The number of hydrogen-bond donors (Lipinski definition) is 1. The van der Waals surface area contributed by atoms with Gasteiger partial charge in [0.25, 0.3) is 0 Å². The summed E-state index contributed by atoms with van der Waals surface area (Å²) in [6, 6.07) is 19.5. The third-order valence-electron chi connectivity index (χ3n) is 3.61. The van der Waals surface area contributed by atoms with Gasteiger partial charge in [0, 0.05) is 13.0 Å². The second-order valence-corrected chi connectivity index (χ2v) is 7.19. The molecule has 4 nitrogen and oxygen atoms in total. The van der Waals surface area contributed by atoms with Gasteiger partial charge in [-0.3, -0.25) is 0 Å². The summed E-state index contributed by atoms with van der Waals surface area (Å²) in [4.78, 5) is 14.1. The molecule has 1 N–H and O–H groups in total. The molecular weight excluding hydrogens is 314 g/mol. The Bertz CT molecular complexity index is 650. The molecular formula is C21H27NO3. The fourth-order valence-electron chi connectivity index (χ4n) is 2.54. The van der Waals surface area contributed by atoms with Crippen molar-refractivity contribution < 1.29 is 14.6 Å². The van der Waals surface area contributed by atoms with Crippen LogP contribution in [0.15, 0.2) is 60.7 Å². The summed E-state index contributed by atoms with van der Waals surface area (Å²) >= 11 is 0. The highest BCUT2D eigenvalue weighted by molar-refractivity contribution is 5.68. The fourth-order valence-corrected chi connectivity index (χ4v) is 2.54. The molecule has 0 fully saturated rings. The van der Waals surface area contributed by atoms with Gasteiger partial charge in [0.1, 0.15) is 5.60 Å². The molecule has 134 valence electrons. The first-order valence-electron chi connectivity index (χ1n) is 8.57. The maximum atomic E-state index is 12.5. The van der Waals surface area contributed by atoms with Gasteiger partial charge in [-0.2, -0.15) is 0 Å². The van der Waals surface area contributed by atoms with Crippen LogP contribution in [-0.4, -0.2) is 34.3 Å². The van der Waals surface area contributed by atoms with Crippen molar-refractivity contribution in [1.29, 1.82) is 0 Å². The molecule has 1 amide bonds. The average Bonchev–Trinajstić information content (AvgIpc) is 2.54. The van der Waals surface area contributed by atoms with Gasteiger partial charge in [-0.05, 0) is 31.9 Å². The zero-order valence-corrected chi connectivity index (χ0v) is 15.2. The Hall–Kier alpha value is -2.33. The number of benzene rings is 2. The van der Waals surface area contributed by atoms with Crippen molar-refractivity contribution >= 4 is 6.09 Å². The third-order valence-corrected chi connectivity index (χ3v) is 3.61. The Labute approximate surface area is 150 Å². The SMILES string of the molecule is CC(C)(C)OC(=O)N(Cc1ccccc1)CC(O)Cc1ccccc1. The maximum Gasteiger partial charge on any atom is 0.410 e. The van der Waals surface area contributed by atoms with Crippen LogP contribution in [-0.2, 0) is 17.7 Å². The third kappa shape index (κ3) is 6.98. The Morgan fingerprint density at radius 2 is 1.52 bits per heavy atom. The maximum absolute atomic E-state index is 12.5. The van der Waals surface area contributed by atoms with Gasteiger partial charge < -0.3 is 14.7 Å². The molecule has 2 rings (SSSR count). The average molecular weight is 341 g/mol. The molecule has 2 aromatic carbocycles. The Balaban J connectivity index is 2.06. The summed E-state index contributed by atoms with van der Waals surface area (Å²) in [5.74, 6) is 0. The second-order valence-electron chi connectivity index (χ2n) is 7.19. The summed E-state index contributed by atoms with van der Waals surface area (Å²) < 4.78 is 5.50.